The van der Waals surface area contributed by atoms with Crippen LogP contribution in [0.3, 0.4) is 0 Å². The molecule has 0 saturated carbocycles. The quantitative estimate of drug-likeness (QED) is 0.914. The summed E-state index contributed by atoms with van der Waals surface area (Å²) in [6.45, 7) is 6.74. The van der Waals surface area contributed by atoms with Gasteiger partial charge in [-0.1, -0.05) is 26.0 Å². The molecule has 0 aliphatic carbocycles. The Balaban J connectivity index is 2.52. The molecule has 1 aromatic carbocycles. The first-order chi connectivity index (χ1) is 9.08. The number of aromatic nitrogens is 2. The fraction of sp³-hybridized carbons (Fsp3) is 0.400. The van der Waals surface area contributed by atoms with Crippen molar-refractivity contribution in [2.75, 3.05) is 5.73 Å². The van der Waals surface area contributed by atoms with E-state index in [0.29, 0.717) is 17.1 Å². The predicted octanol–water partition coefficient (Wildman–Crippen LogP) is 3.55. The Hall–Kier alpha value is -1.84. The summed E-state index contributed by atoms with van der Waals surface area (Å²) < 4.78 is 15.7. The summed E-state index contributed by atoms with van der Waals surface area (Å²) in [5.41, 5.74) is 8.22. The minimum Gasteiger partial charge on any atom is -0.383 e. The van der Waals surface area contributed by atoms with Gasteiger partial charge in [-0.05, 0) is 25.0 Å². The summed E-state index contributed by atoms with van der Waals surface area (Å²) in [6, 6.07) is 5.13. The van der Waals surface area contributed by atoms with Crippen LogP contribution in [0.25, 0.3) is 11.3 Å². The first-order valence-corrected chi connectivity index (χ1v) is 6.69. The topological polar surface area (TPSA) is 43.8 Å². The molecule has 0 fully saturated rings. The number of hydrogen-bond acceptors (Lipinski definition) is 2. The van der Waals surface area contributed by atoms with E-state index in [1.165, 1.54) is 6.07 Å². The van der Waals surface area contributed by atoms with E-state index in [9.17, 15) is 4.39 Å². The van der Waals surface area contributed by atoms with Crippen molar-refractivity contribution in [3.63, 3.8) is 0 Å². The summed E-state index contributed by atoms with van der Waals surface area (Å²) in [6.07, 6.45) is 1.81. The van der Waals surface area contributed by atoms with Crippen molar-refractivity contribution >= 4 is 5.82 Å². The van der Waals surface area contributed by atoms with Gasteiger partial charge in [0, 0.05) is 18.5 Å². The van der Waals surface area contributed by atoms with Gasteiger partial charge in [-0.25, -0.2) is 9.37 Å². The second-order valence-corrected chi connectivity index (χ2v) is 4.73. The van der Waals surface area contributed by atoms with Gasteiger partial charge in [-0.15, -0.1) is 0 Å². The molecule has 2 aromatic rings. The largest absolute Gasteiger partial charge is 0.383 e. The van der Waals surface area contributed by atoms with Gasteiger partial charge in [-0.2, -0.15) is 0 Å². The van der Waals surface area contributed by atoms with E-state index in [1.807, 2.05) is 17.6 Å². The molecule has 0 radical (unpaired) electrons. The Morgan fingerprint density at radius 3 is 2.63 bits per heavy atom. The lowest BCUT2D eigenvalue weighted by Gasteiger charge is -2.07. The third-order valence-electron chi connectivity index (χ3n) is 3.29. The molecule has 1 heterocycles. The molecule has 102 valence electrons. The number of anilines is 1. The molecular formula is C15H20FN3. The van der Waals surface area contributed by atoms with Crippen LogP contribution in [0.15, 0.2) is 18.2 Å². The van der Waals surface area contributed by atoms with E-state index in [2.05, 4.69) is 11.9 Å². The number of imidazole rings is 1. The van der Waals surface area contributed by atoms with E-state index in [0.717, 1.165) is 30.8 Å². The van der Waals surface area contributed by atoms with Crippen LogP contribution in [0.5, 0.6) is 0 Å². The number of aryl methyl sites for hydroxylation is 2. The highest BCUT2D eigenvalue weighted by atomic mass is 19.1. The number of halogens is 1. The van der Waals surface area contributed by atoms with Crippen molar-refractivity contribution in [1.82, 2.24) is 9.55 Å². The van der Waals surface area contributed by atoms with Gasteiger partial charge >= 0.3 is 0 Å². The lowest BCUT2D eigenvalue weighted by molar-refractivity contribution is 0.619. The number of nitrogen functional groups attached to an aromatic ring is 1. The van der Waals surface area contributed by atoms with Crippen LogP contribution in [-0.2, 0) is 13.0 Å². The molecule has 2 N–H and O–H groups in total. The van der Waals surface area contributed by atoms with Gasteiger partial charge in [0.05, 0.1) is 0 Å². The first kappa shape index (κ1) is 13.6. The van der Waals surface area contributed by atoms with Crippen LogP contribution in [-0.4, -0.2) is 9.55 Å². The molecule has 2 rings (SSSR count). The zero-order valence-corrected chi connectivity index (χ0v) is 11.7. The van der Waals surface area contributed by atoms with Crippen LogP contribution >= 0.6 is 0 Å². The maximum absolute atomic E-state index is 13.7. The molecular weight excluding hydrogens is 241 g/mol. The maximum atomic E-state index is 13.7. The first-order valence-electron chi connectivity index (χ1n) is 6.69. The summed E-state index contributed by atoms with van der Waals surface area (Å²) in [5.74, 6) is 1.36. The summed E-state index contributed by atoms with van der Waals surface area (Å²) in [7, 11) is 0. The van der Waals surface area contributed by atoms with Gasteiger partial charge in [0.15, 0.2) is 0 Å². The average molecular weight is 261 g/mol. The van der Waals surface area contributed by atoms with Crippen LogP contribution in [0, 0.1) is 12.7 Å². The highest BCUT2D eigenvalue weighted by Gasteiger charge is 2.15. The van der Waals surface area contributed by atoms with Crippen molar-refractivity contribution in [2.24, 2.45) is 0 Å². The zero-order valence-electron chi connectivity index (χ0n) is 11.7. The third-order valence-corrected chi connectivity index (χ3v) is 3.29. The number of rotatable bonds is 4. The highest BCUT2D eigenvalue weighted by Crippen LogP contribution is 2.28. The molecule has 1 aromatic heterocycles. The molecule has 0 aliphatic heterocycles. The Bertz CT molecular complexity index is 587. The average Bonchev–Trinajstić information content (AvgIpc) is 2.71. The number of nitrogens with two attached hydrogens (primary N) is 1. The molecule has 19 heavy (non-hydrogen) atoms. The van der Waals surface area contributed by atoms with Gasteiger partial charge in [0.25, 0.3) is 0 Å². The van der Waals surface area contributed by atoms with Gasteiger partial charge in [0.1, 0.15) is 23.2 Å². The zero-order chi connectivity index (χ0) is 14.0. The molecule has 0 saturated heterocycles. The number of hydrogen-bond donors (Lipinski definition) is 1. The summed E-state index contributed by atoms with van der Waals surface area (Å²) in [4.78, 5) is 4.56. The molecule has 0 unspecified atom stereocenters. The van der Waals surface area contributed by atoms with Crippen LogP contribution < -0.4 is 5.73 Å². The van der Waals surface area contributed by atoms with E-state index < -0.39 is 0 Å². The fourth-order valence-corrected chi connectivity index (χ4v) is 2.21. The van der Waals surface area contributed by atoms with Crippen LogP contribution in [0.2, 0.25) is 0 Å². The van der Waals surface area contributed by atoms with Crippen LogP contribution in [0.4, 0.5) is 10.2 Å². The van der Waals surface area contributed by atoms with E-state index in [-0.39, 0.29) is 5.82 Å². The smallest absolute Gasteiger partial charge is 0.131 e. The molecule has 0 aliphatic rings. The second kappa shape index (κ2) is 5.43. The van der Waals surface area contributed by atoms with Crippen molar-refractivity contribution < 1.29 is 4.39 Å². The van der Waals surface area contributed by atoms with E-state index in [4.69, 9.17) is 5.73 Å². The van der Waals surface area contributed by atoms with Gasteiger partial charge in [0.2, 0.25) is 0 Å². The monoisotopic (exact) mass is 261 g/mol. The van der Waals surface area contributed by atoms with Crippen molar-refractivity contribution in [3.8, 4) is 11.3 Å². The third kappa shape index (κ3) is 2.48. The summed E-state index contributed by atoms with van der Waals surface area (Å²) >= 11 is 0. The lowest BCUT2D eigenvalue weighted by atomic mass is 10.1. The molecule has 4 heteroatoms. The molecule has 0 bridgehead atoms. The van der Waals surface area contributed by atoms with E-state index >= 15 is 0 Å². The standard InChI is InChI=1S/C15H20FN3/c1-4-8-19-13(5-2)18-14(15(19)17)11-7-6-10(3)12(16)9-11/h6-7,9H,4-5,8,17H2,1-3H3. The van der Waals surface area contributed by atoms with Crippen molar-refractivity contribution in [3.05, 3.63) is 35.4 Å². The van der Waals surface area contributed by atoms with Crippen molar-refractivity contribution in [2.45, 2.75) is 40.2 Å². The minimum atomic E-state index is -0.222. The normalized spacial score (nSPS) is 10.9. The predicted molar refractivity (Wildman–Crippen MR) is 76.4 cm³/mol. The van der Waals surface area contributed by atoms with Crippen molar-refractivity contribution in [1.29, 1.82) is 0 Å². The van der Waals surface area contributed by atoms with Gasteiger partial charge < -0.3 is 10.3 Å². The van der Waals surface area contributed by atoms with Crippen LogP contribution in [0.1, 0.15) is 31.7 Å². The molecule has 0 spiro atoms. The number of benzene rings is 1. The summed E-state index contributed by atoms with van der Waals surface area (Å²) in [5, 5.41) is 0. The number of nitrogens with zero attached hydrogens (tertiary/aromatic N) is 2. The molecule has 0 amide bonds. The Morgan fingerprint density at radius 1 is 1.32 bits per heavy atom. The SMILES string of the molecule is CCCn1c(CC)nc(-c2ccc(C)c(F)c2)c1N. The Labute approximate surface area is 113 Å². The Morgan fingerprint density at radius 2 is 2.05 bits per heavy atom. The maximum Gasteiger partial charge on any atom is 0.131 e. The minimum absolute atomic E-state index is 0.222. The lowest BCUT2D eigenvalue weighted by Crippen LogP contribution is -2.06. The molecule has 0 atom stereocenters. The molecule has 3 nitrogen and oxygen atoms in total. The Kier molecular flexibility index (Phi) is 3.88. The fourth-order valence-electron chi connectivity index (χ4n) is 2.21. The highest BCUT2D eigenvalue weighted by molar-refractivity contribution is 5.71. The second-order valence-electron chi connectivity index (χ2n) is 4.73. The van der Waals surface area contributed by atoms with Gasteiger partial charge in [-0.3, -0.25) is 0 Å². The van der Waals surface area contributed by atoms with E-state index in [1.54, 1.807) is 13.0 Å².